The third-order valence-electron chi connectivity index (χ3n) is 2.59. The Balaban J connectivity index is 2.17. The molecular formula is C14H14N4. The van der Waals surface area contributed by atoms with Crippen LogP contribution in [0.4, 0.5) is 5.82 Å². The minimum Gasteiger partial charge on any atom is -0.354 e. The van der Waals surface area contributed by atoms with E-state index >= 15 is 0 Å². The van der Waals surface area contributed by atoms with E-state index in [0.29, 0.717) is 12.2 Å². The van der Waals surface area contributed by atoms with Crippen LogP contribution in [0, 0.1) is 18.3 Å². The maximum Gasteiger partial charge on any atom is 0.142 e. The molecule has 0 aromatic carbocycles. The summed E-state index contributed by atoms with van der Waals surface area (Å²) in [6.45, 7) is 2.64. The molecule has 0 aliphatic rings. The molecule has 0 atom stereocenters. The van der Waals surface area contributed by atoms with Gasteiger partial charge in [-0.3, -0.25) is 4.98 Å². The van der Waals surface area contributed by atoms with Crippen molar-refractivity contribution in [3.8, 4) is 6.07 Å². The topological polar surface area (TPSA) is 52.8 Å². The van der Waals surface area contributed by atoms with Crippen LogP contribution in [0.15, 0.2) is 36.4 Å². The summed E-state index contributed by atoms with van der Waals surface area (Å²) in [7, 11) is 1.94. The fraction of sp³-hybridized carbons (Fsp3) is 0.214. The summed E-state index contributed by atoms with van der Waals surface area (Å²) in [4.78, 5) is 10.7. The Hall–Kier alpha value is -2.41. The van der Waals surface area contributed by atoms with E-state index in [-0.39, 0.29) is 0 Å². The highest BCUT2D eigenvalue weighted by atomic mass is 15.2. The molecule has 4 heteroatoms. The van der Waals surface area contributed by atoms with E-state index < -0.39 is 0 Å². The summed E-state index contributed by atoms with van der Waals surface area (Å²) in [6, 6.07) is 13.4. The van der Waals surface area contributed by atoms with E-state index in [1.807, 2.05) is 55.3 Å². The van der Waals surface area contributed by atoms with Gasteiger partial charge in [0.05, 0.1) is 12.2 Å². The van der Waals surface area contributed by atoms with Crippen molar-refractivity contribution in [2.75, 3.05) is 11.9 Å². The van der Waals surface area contributed by atoms with E-state index in [0.717, 1.165) is 17.2 Å². The summed E-state index contributed by atoms with van der Waals surface area (Å²) in [5, 5.41) is 8.83. The second-order valence-corrected chi connectivity index (χ2v) is 4.12. The molecule has 2 aromatic heterocycles. The van der Waals surface area contributed by atoms with Crippen LogP contribution < -0.4 is 4.90 Å². The number of aromatic nitrogens is 2. The fourth-order valence-electron chi connectivity index (χ4n) is 1.71. The van der Waals surface area contributed by atoms with Crippen molar-refractivity contribution in [3.05, 3.63) is 53.5 Å². The highest BCUT2D eigenvalue weighted by molar-refractivity contribution is 5.41. The molecule has 2 aromatic rings. The van der Waals surface area contributed by atoms with Gasteiger partial charge in [-0.25, -0.2) is 4.98 Å². The van der Waals surface area contributed by atoms with Crippen LogP contribution in [-0.2, 0) is 6.54 Å². The van der Waals surface area contributed by atoms with Crippen LogP contribution in [0.25, 0.3) is 0 Å². The lowest BCUT2D eigenvalue weighted by molar-refractivity contribution is 0.858. The zero-order chi connectivity index (χ0) is 13.0. The molecule has 0 bridgehead atoms. The minimum atomic E-state index is 0.427. The SMILES string of the molecule is Cc1cccc(CN(C)c2cccc(C#N)n2)n1. The molecule has 0 unspecified atom stereocenters. The Labute approximate surface area is 107 Å². The minimum absolute atomic E-state index is 0.427. The fourth-order valence-corrected chi connectivity index (χ4v) is 1.71. The first-order chi connectivity index (χ1) is 8.69. The lowest BCUT2D eigenvalue weighted by Gasteiger charge is -2.17. The van der Waals surface area contributed by atoms with Crippen molar-refractivity contribution in [2.24, 2.45) is 0 Å². The molecule has 2 rings (SSSR count). The first-order valence-electron chi connectivity index (χ1n) is 5.70. The number of hydrogen-bond acceptors (Lipinski definition) is 4. The molecule has 2 heterocycles. The van der Waals surface area contributed by atoms with E-state index in [1.165, 1.54) is 0 Å². The molecule has 0 aliphatic carbocycles. The van der Waals surface area contributed by atoms with Crippen molar-refractivity contribution >= 4 is 5.82 Å². The highest BCUT2D eigenvalue weighted by Gasteiger charge is 2.05. The average molecular weight is 238 g/mol. The van der Waals surface area contributed by atoms with Gasteiger partial charge in [0.1, 0.15) is 17.6 Å². The van der Waals surface area contributed by atoms with Gasteiger partial charge in [-0.1, -0.05) is 12.1 Å². The van der Waals surface area contributed by atoms with Crippen molar-refractivity contribution in [1.82, 2.24) is 9.97 Å². The molecule has 0 amide bonds. The molecule has 0 spiro atoms. The molecular weight excluding hydrogens is 224 g/mol. The number of hydrogen-bond donors (Lipinski definition) is 0. The Morgan fingerprint density at radius 1 is 1.17 bits per heavy atom. The summed E-state index contributed by atoms with van der Waals surface area (Å²) in [6.07, 6.45) is 0. The number of rotatable bonds is 3. The summed E-state index contributed by atoms with van der Waals surface area (Å²) in [5.74, 6) is 0.775. The second-order valence-electron chi connectivity index (χ2n) is 4.12. The van der Waals surface area contributed by atoms with Gasteiger partial charge in [0.15, 0.2) is 0 Å². The number of nitrogens with zero attached hydrogens (tertiary/aromatic N) is 4. The van der Waals surface area contributed by atoms with E-state index in [4.69, 9.17) is 5.26 Å². The van der Waals surface area contributed by atoms with Crippen molar-refractivity contribution in [3.63, 3.8) is 0 Å². The predicted molar refractivity (Wildman–Crippen MR) is 70.0 cm³/mol. The number of aryl methyl sites for hydroxylation is 1. The van der Waals surface area contributed by atoms with Gasteiger partial charge in [-0.2, -0.15) is 5.26 Å². The maximum absolute atomic E-state index is 8.83. The lowest BCUT2D eigenvalue weighted by Crippen LogP contribution is -2.18. The van der Waals surface area contributed by atoms with Gasteiger partial charge in [0.25, 0.3) is 0 Å². The maximum atomic E-state index is 8.83. The molecule has 0 aliphatic heterocycles. The van der Waals surface area contributed by atoms with Crippen LogP contribution in [0.1, 0.15) is 17.1 Å². The third kappa shape index (κ3) is 2.83. The molecule has 0 radical (unpaired) electrons. The van der Waals surface area contributed by atoms with Crippen LogP contribution >= 0.6 is 0 Å². The van der Waals surface area contributed by atoms with Crippen LogP contribution in [0.3, 0.4) is 0 Å². The molecule has 0 N–H and O–H groups in total. The molecule has 18 heavy (non-hydrogen) atoms. The number of nitriles is 1. The molecule has 0 saturated carbocycles. The highest BCUT2D eigenvalue weighted by Crippen LogP contribution is 2.12. The van der Waals surface area contributed by atoms with Gasteiger partial charge >= 0.3 is 0 Å². The monoisotopic (exact) mass is 238 g/mol. The molecule has 4 nitrogen and oxygen atoms in total. The van der Waals surface area contributed by atoms with E-state index in [9.17, 15) is 0 Å². The van der Waals surface area contributed by atoms with Crippen LogP contribution in [0.5, 0.6) is 0 Å². The second kappa shape index (κ2) is 5.28. The zero-order valence-electron chi connectivity index (χ0n) is 10.5. The smallest absolute Gasteiger partial charge is 0.142 e. The average Bonchev–Trinajstić information content (AvgIpc) is 2.39. The zero-order valence-corrected chi connectivity index (χ0v) is 10.5. The van der Waals surface area contributed by atoms with Crippen LogP contribution in [0.2, 0.25) is 0 Å². The van der Waals surface area contributed by atoms with Gasteiger partial charge in [-0.05, 0) is 31.2 Å². The molecule has 90 valence electrons. The normalized spacial score (nSPS) is 9.83. The third-order valence-corrected chi connectivity index (χ3v) is 2.59. The molecule has 0 fully saturated rings. The van der Waals surface area contributed by atoms with E-state index in [1.54, 1.807) is 6.07 Å². The number of pyridine rings is 2. The number of anilines is 1. The lowest BCUT2D eigenvalue weighted by atomic mass is 10.3. The Morgan fingerprint density at radius 3 is 2.67 bits per heavy atom. The molecule has 0 saturated heterocycles. The summed E-state index contributed by atoms with van der Waals surface area (Å²) >= 11 is 0. The van der Waals surface area contributed by atoms with Gasteiger partial charge in [0, 0.05) is 12.7 Å². The Morgan fingerprint density at radius 2 is 1.94 bits per heavy atom. The van der Waals surface area contributed by atoms with Crippen molar-refractivity contribution in [1.29, 1.82) is 5.26 Å². The van der Waals surface area contributed by atoms with Crippen LogP contribution in [-0.4, -0.2) is 17.0 Å². The standard InChI is InChI=1S/C14H14N4/c1-11-5-3-7-13(16-11)10-18(2)14-8-4-6-12(9-15)17-14/h3-8H,10H2,1-2H3. The summed E-state index contributed by atoms with van der Waals surface area (Å²) in [5.41, 5.74) is 2.41. The first kappa shape index (κ1) is 12.1. The first-order valence-corrected chi connectivity index (χ1v) is 5.70. The van der Waals surface area contributed by atoms with Crippen molar-refractivity contribution < 1.29 is 0 Å². The van der Waals surface area contributed by atoms with Gasteiger partial charge in [0.2, 0.25) is 0 Å². The predicted octanol–water partition coefficient (Wildman–Crippen LogP) is 2.29. The van der Waals surface area contributed by atoms with Gasteiger partial charge in [-0.15, -0.1) is 0 Å². The Bertz CT molecular complexity index is 586. The quantitative estimate of drug-likeness (QED) is 0.823. The van der Waals surface area contributed by atoms with E-state index in [2.05, 4.69) is 9.97 Å². The van der Waals surface area contributed by atoms with Crippen molar-refractivity contribution in [2.45, 2.75) is 13.5 Å². The largest absolute Gasteiger partial charge is 0.354 e. The summed E-state index contributed by atoms with van der Waals surface area (Å²) < 4.78 is 0. The van der Waals surface area contributed by atoms with Gasteiger partial charge < -0.3 is 4.90 Å². The Kier molecular flexibility index (Phi) is 3.54.